The molecule has 0 fully saturated rings. The van der Waals surface area contributed by atoms with Gasteiger partial charge in [-0.1, -0.05) is 6.92 Å². The fourth-order valence-electron chi connectivity index (χ4n) is 2.00. The molecule has 1 aromatic carbocycles. The Morgan fingerprint density at radius 1 is 1.33 bits per heavy atom. The van der Waals surface area contributed by atoms with Crippen molar-refractivity contribution in [1.82, 2.24) is 4.57 Å². The van der Waals surface area contributed by atoms with Crippen molar-refractivity contribution in [2.45, 2.75) is 26.5 Å². The molecular weight excluding hydrogens is 278 g/mol. The smallest absolute Gasteiger partial charge is 0.355 e. The first-order valence-corrected chi connectivity index (χ1v) is 6.58. The molecule has 0 atom stereocenters. The van der Waals surface area contributed by atoms with E-state index in [0.717, 1.165) is 24.6 Å². The van der Waals surface area contributed by atoms with Crippen molar-refractivity contribution < 1.29 is 18.3 Å². The second kappa shape index (κ2) is 6.39. The largest absolute Gasteiger partial charge is 0.456 e. The molecule has 2 rings (SSSR count). The second-order valence-corrected chi connectivity index (χ2v) is 4.66. The van der Waals surface area contributed by atoms with E-state index < -0.39 is 17.6 Å². The topological polar surface area (TPSA) is 57.2 Å². The van der Waals surface area contributed by atoms with Crippen LogP contribution in [-0.4, -0.2) is 10.5 Å². The van der Waals surface area contributed by atoms with Gasteiger partial charge in [0, 0.05) is 18.3 Å². The van der Waals surface area contributed by atoms with E-state index in [1.807, 2.05) is 6.92 Å². The van der Waals surface area contributed by atoms with E-state index in [0.29, 0.717) is 17.9 Å². The Labute approximate surface area is 121 Å². The third kappa shape index (κ3) is 3.59. The highest BCUT2D eigenvalue weighted by Crippen LogP contribution is 2.15. The van der Waals surface area contributed by atoms with Gasteiger partial charge in [-0.15, -0.1) is 0 Å². The van der Waals surface area contributed by atoms with Crippen molar-refractivity contribution in [3.8, 4) is 0 Å². The van der Waals surface area contributed by atoms with Crippen LogP contribution in [0.5, 0.6) is 0 Å². The van der Waals surface area contributed by atoms with Crippen LogP contribution in [0.15, 0.2) is 30.5 Å². The van der Waals surface area contributed by atoms with Crippen LogP contribution >= 0.6 is 0 Å². The SMILES string of the molecule is CCCn1cc(N)cc1C(=O)OCc1cc(F)ccc1F. The fraction of sp³-hybridized carbons (Fsp3) is 0.267. The Kier molecular flexibility index (Phi) is 4.57. The zero-order valence-electron chi connectivity index (χ0n) is 11.6. The lowest BCUT2D eigenvalue weighted by atomic mass is 10.2. The summed E-state index contributed by atoms with van der Waals surface area (Å²) in [5, 5.41) is 0. The molecule has 0 saturated heterocycles. The minimum atomic E-state index is -0.621. The van der Waals surface area contributed by atoms with Crippen LogP contribution in [0.3, 0.4) is 0 Å². The van der Waals surface area contributed by atoms with E-state index in [4.69, 9.17) is 10.5 Å². The number of hydrogen-bond acceptors (Lipinski definition) is 3. The Morgan fingerprint density at radius 3 is 2.81 bits per heavy atom. The maximum Gasteiger partial charge on any atom is 0.355 e. The highest BCUT2D eigenvalue weighted by atomic mass is 19.1. The van der Waals surface area contributed by atoms with Gasteiger partial charge < -0.3 is 15.0 Å². The molecule has 2 N–H and O–H groups in total. The Morgan fingerprint density at radius 2 is 2.10 bits per heavy atom. The van der Waals surface area contributed by atoms with Crippen LogP contribution in [0.1, 0.15) is 29.4 Å². The summed E-state index contributed by atoms with van der Waals surface area (Å²) in [6.07, 6.45) is 2.47. The normalized spacial score (nSPS) is 10.6. The molecule has 6 heteroatoms. The average molecular weight is 294 g/mol. The van der Waals surface area contributed by atoms with Crippen LogP contribution in [0.4, 0.5) is 14.5 Å². The van der Waals surface area contributed by atoms with Crippen molar-refractivity contribution in [3.63, 3.8) is 0 Å². The van der Waals surface area contributed by atoms with Crippen molar-refractivity contribution in [3.05, 3.63) is 53.4 Å². The molecule has 0 bridgehead atoms. The highest BCUT2D eigenvalue weighted by molar-refractivity contribution is 5.89. The third-order valence-corrected chi connectivity index (χ3v) is 2.96. The summed E-state index contributed by atoms with van der Waals surface area (Å²) >= 11 is 0. The molecule has 0 aliphatic carbocycles. The first kappa shape index (κ1) is 15.0. The second-order valence-electron chi connectivity index (χ2n) is 4.66. The van der Waals surface area contributed by atoms with Crippen LogP contribution in [0.2, 0.25) is 0 Å². The lowest BCUT2D eigenvalue weighted by Gasteiger charge is -2.08. The number of nitrogens with zero attached hydrogens (tertiary/aromatic N) is 1. The summed E-state index contributed by atoms with van der Waals surface area (Å²) in [6.45, 7) is 2.25. The van der Waals surface area contributed by atoms with Crippen LogP contribution in [0, 0.1) is 11.6 Å². The number of anilines is 1. The molecule has 0 amide bonds. The number of benzene rings is 1. The van der Waals surface area contributed by atoms with Gasteiger partial charge in [0.2, 0.25) is 0 Å². The number of halogens is 2. The zero-order valence-corrected chi connectivity index (χ0v) is 11.6. The van der Waals surface area contributed by atoms with E-state index in [1.54, 1.807) is 10.8 Å². The van der Waals surface area contributed by atoms with Gasteiger partial charge in [0.1, 0.15) is 23.9 Å². The van der Waals surface area contributed by atoms with Gasteiger partial charge in [-0.25, -0.2) is 13.6 Å². The summed E-state index contributed by atoms with van der Waals surface area (Å²) < 4.78 is 33.2. The molecule has 0 aliphatic rings. The number of hydrogen-bond donors (Lipinski definition) is 1. The molecule has 1 aromatic heterocycles. The molecule has 0 aliphatic heterocycles. The van der Waals surface area contributed by atoms with Crippen molar-refractivity contribution in [2.75, 3.05) is 5.73 Å². The molecule has 0 radical (unpaired) electrons. The number of aromatic nitrogens is 1. The van der Waals surface area contributed by atoms with Gasteiger partial charge in [-0.2, -0.15) is 0 Å². The maximum atomic E-state index is 13.4. The summed E-state index contributed by atoms with van der Waals surface area (Å²) in [7, 11) is 0. The summed E-state index contributed by atoms with van der Waals surface area (Å²) in [5.74, 6) is -1.82. The predicted molar refractivity (Wildman–Crippen MR) is 74.6 cm³/mol. The van der Waals surface area contributed by atoms with E-state index in [1.165, 1.54) is 6.07 Å². The molecule has 2 aromatic rings. The molecule has 0 saturated carbocycles. The first-order valence-electron chi connectivity index (χ1n) is 6.58. The molecule has 0 unspecified atom stereocenters. The molecule has 0 spiro atoms. The number of nitrogen functional groups attached to an aromatic ring is 1. The lowest BCUT2D eigenvalue weighted by Crippen LogP contribution is -2.12. The van der Waals surface area contributed by atoms with Crippen molar-refractivity contribution >= 4 is 11.7 Å². The number of esters is 1. The number of nitrogens with two attached hydrogens (primary N) is 1. The van der Waals surface area contributed by atoms with E-state index in [9.17, 15) is 13.6 Å². The molecule has 4 nitrogen and oxygen atoms in total. The monoisotopic (exact) mass is 294 g/mol. The zero-order chi connectivity index (χ0) is 15.4. The lowest BCUT2D eigenvalue weighted by molar-refractivity contribution is 0.0455. The van der Waals surface area contributed by atoms with Crippen molar-refractivity contribution in [1.29, 1.82) is 0 Å². The first-order chi connectivity index (χ1) is 10.0. The predicted octanol–water partition coefficient (Wildman–Crippen LogP) is 3.12. The van der Waals surface area contributed by atoms with Crippen LogP contribution < -0.4 is 5.73 Å². The average Bonchev–Trinajstić information content (AvgIpc) is 2.81. The Hall–Kier alpha value is -2.37. The molecule has 112 valence electrons. The van der Waals surface area contributed by atoms with Gasteiger partial charge in [0.25, 0.3) is 0 Å². The molecular formula is C15H16F2N2O2. The van der Waals surface area contributed by atoms with Gasteiger partial charge in [0.05, 0.1) is 5.69 Å². The Bertz CT molecular complexity index is 653. The summed E-state index contributed by atoms with van der Waals surface area (Å²) in [4.78, 5) is 12.0. The Balaban J connectivity index is 2.10. The standard InChI is InChI=1S/C15H16F2N2O2/c1-2-5-19-8-12(18)7-14(19)15(20)21-9-10-6-11(16)3-4-13(10)17/h3-4,6-8H,2,5,9,18H2,1H3. The van der Waals surface area contributed by atoms with Crippen LogP contribution in [0.25, 0.3) is 0 Å². The molecule has 21 heavy (non-hydrogen) atoms. The van der Waals surface area contributed by atoms with Crippen LogP contribution in [-0.2, 0) is 17.9 Å². The van der Waals surface area contributed by atoms with E-state index >= 15 is 0 Å². The third-order valence-electron chi connectivity index (χ3n) is 2.96. The summed E-state index contributed by atoms with van der Waals surface area (Å²) in [5.41, 5.74) is 6.40. The number of rotatable bonds is 5. The number of ether oxygens (including phenoxy) is 1. The summed E-state index contributed by atoms with van der Waals surface area (Å²) in [6, 6.07) is 4.51. The van der Waals surface area contributed by atoms with E-state index in [-0.39, 0.29) is 12.2 Å². The molecule has 1 heterocycles. The maximum absolute atomic E-state index is 13.4. The van der Waals surface area contributed by atoms with E-state index in [2.05, 4.69) is 0 Å². The van der Waals surface area contributed by atoms with Gasteiger partial charge in [-0.05, 0) is 30.7 Å². The fourth-order valence-corrected chi connectivity index (χ4v) is 2.00. The number of carbonyl (C=O) groups excluding carboxylic acids is 1. The minimum absolute atomic E-state index is 0.00933. The number of aryl methyl sites for hydroxylation is 1. The van der Waals surface area contributed by atoms with Gasteiger partial charge in [-0.3, -0.25) is 0 Å². The number of carbonyl (C=O) groups is 1. The van der Waals surface area contributed by atoms with Gasteiger partial charge >= 0.3 is 5.97 Å². The van der Waals surface area contributed by atoms with Gasteiger partial charge in [0.15, 0.2) is 0 Å². The quantitative estimate of drug-likeness (QED) is 0.862. The minimum Gasteiger partial charge on any atom is -0.456 e. The van der Waals surface area contributed by atoms with Crippen molar-refractivity contribution in [2.24, 2.45) is 0 Å². The highest BCUT2D eigenvalue weighted by Gasteiger charge is 2.15.